The fourth-order valence-electron chi connectivity index (χ4n) is 2.43. The lowest BCUT2D eigenvalue weighted by Crippen LogP contribution is -2.30. The van der Waals surface area contributed by atoms with Crippen molar-refractivity contribution in [2.24, 2.45) is 0 Å². The molecule has 1 aliphatic rings. The highest BCUT2D eigenvalue weighted by molar-refractivity contribution is 7.99. The standard InChI is InChI=1S/C16H17NOS2/c18-15(9-8-13-5-2-1-3-6-13)17-10-12-20-16(17)14-7-4-11-19-14/h1-7,11,16H,8-10,12H2. The monoisotopic (exact) mass is 303 g/mol. The predicted octanol–water partition coefficient (Wildman–Crippen LogP) is 3.95. The van der Waals surface area contributed by atoms with Gasteiger partial charge < -0.3 is 4.90 Å². The van der Waals surface area contributed by atoms with Crippen LogP contribution in [0.15, 0.2) is 47.8 Å². The molecule has 1 unspecified atom stereocenters. The fraction of sp³-hybridized carbons (Fsp3) is 0.312. The molecule has 0 aliphatic carbocycles. The number of thioether (sulfide) groups is 1. The average Bonchev–Trinajstić information content (AvgIpc) is 3.15. The van der Waals surface area contributed by atoms with Crippen LogP contribution < -0.4 is 0 Å². The molecular weight excluding hydrogens is 286 g/mol. The summed E-state index contributed by atoms with van der Waals surface area (Å²) < 4.78 is 0. The SMILES string of the molecule is O=C(CCc1ccccc1)N1CCSC1c1cccs1. The summed E-state index contributed by atoms with van der Waals surface area (Å²) >= 11 is 3.61. The molecule has 1 aliphatic heterocycles. The highest BCUT2D eigenvalue weighted by Crippen LogP contribution is 2.40. The third kappa shape index (κ3) is 3.07. The zero-order valence-corrected chi connectivity index (χ0v) is 12.8. The normalized spacial score (nSPS) is 18.4. The third-order valence-corrected chi connectivity index (χ3v) is 5.78. The number of rotatable bonds is 4. The maximum absolute atomic E-state index is 12.4. The second-order valence-electron chi connectivity index (χ2n) is 4.81. The molecule has 0 spiro atoms. The minimum atomic E-state index is 0.235. The van der Waals surface area contributed by atoms with Crippen LogP contribution in [0.2, 0.25) is 0 Å². The Labute approximate surface area is 127 Å². The summed E-state index contributed by atoms with van der Waals surface area (Å²) in [5.74, 6) is 1.32. The number of carbonyl (C=O) groups excluding carboxylic acids is 1. The zero-order valence-electron chi connectivity index (χ0n) is 11.2. The first-order chi connectivity index (χ1) is 9.84. The van der Waals surface area contributed by atoms with Crippen LogP contribution in [0.25, 0.3) is 0 Å². The van der Waals surface area contributed by atoms with Gasteiger partial charge >= 0.3 is 0 Å². The van der Waals surface area contributed by atoms with E-state index in [1.165, 1.54) is 10.4 Å². The van der Waals surface area contributed by atoms with Crippen LogP contribution in [0.3, 0.4) is 0 Å². The molecule has 0 radical (unpaired) electrons. The Hall–Kier alpha value is -1.26. The average molecular weight is 303 g/mol. The van der Waals surface area contributed by atoms with Crippen molar-refractivity contribution in [2.75, 3.05) is 12.3 Å². The molecule has 1 aromatic carbocycles. The maximum Gasteiger partial charge on any atom is 0.224 e. The summed E-state index contributed by atoms with van der Waals surface area (Å²) in [6.07, 6.45) is 1.43. The van der Waals surface area contributed by atoms with Crippen molar-refractivity contribution in [2.45, 2.75) is 18.2 Å². The van der Waals surface area contributed by atoms with Crippen LogP contribution in [0, 0.1) is 0 Å². The quantitative estimate of drug-likeness (QED) is 0.852. The second kappa shape index (κ2) is 6.46. The van der Waals surface area contributed by atoms with E-state index in [9.17, 15) is 4.79 Å². The molecule has 104 valence electrons. The number of nitrogens with zero attached hydrogens (tertiary/aromatic N) is 1. The summed E-state index contributed by atoms with van der Waals surface area (Å²) in [4.78, 5) is 15.8. The van der Waals surface area contributed by atoms with Crippen molar-refractivity contribution in [1.29, 1.82) is 0 Å². The van der Waals surface area contributed by atoms with E-state index in [0.29, 0.717) is 6.42 Å². The van der Waals surface area contributed by atoms with Crippen molar-refractivity contribution < 1.29 is 4.79 Å². The van der Waals surface area contributed by atoms with Gasteiger partial charge in [0.15, 0.2) is 0 Å². The van der Waals surface area contributed by atoms with Crippen molar-refractivity contribution in [3.05, 3.63) is 58.3 Å². The van der Waals surface area contributed by atoms with Crippen LogP contribution in [0.1, 0.15) is 22.2 Å². The third-order valence-electron chi connectivity index (χ3n) is 3.47. The lowest BCUT2D eigenvalue weighted by molar-refractivity contribution is -0.131. The molecule has 2 heterocycles. The molecule has 4 heteroatoms. The topological polar surface area (TPSA) is 20.3 Å². The van der Waals surface area contributed by atoms with E-state index in [4.69, 9.17) is 0 Å². The maximum atomic E-state index is 12.4. The van der Waals surface area contributed by atoms with Gasteiger partial charge in [-0.1, -0.05) is 36.4 Å². The molecule has 0 N–H and O–H groups in total. The van der Waals surface area contributed by atoms with Gasteiger partial charge in [0.05, 0.1) is 0 Å². The molecule has 1 amide bonds. The van der Waals surface area contributed by atoms with Crippen molar-refractivity contribution in [3.8, 4) is 0 Å². The van der Waals surface area contributed by atoms with E-state index in [1.807, 2.05) is 34.9 Å². The van der Waals surface area contributed by atoms with Crippen LogP contribution in [-0.4, -0.2) is 23.1 Å². The minimum Gasteiger partial charge on any atom is -0.325 e. The molecule has 1 atom stereocenters. The molecule has 20 heavy (non-hydrogen) atoms. The predicted molar refractivity (Wildman–Crippen MR) is 86.0 cm³/mol. The van der Waals surface area contributed by atoms with Crippen LogP contribution in [0.5, 0.6) is 0 Å². The van der Waals surface area contributed by atoms with E-state index >= 15 is 0 Å². The summed E-state index contributed by atoms with van der Waals surface area (Å²) in [7, 11) is 0. The van der Waals surface area contributed by atoms with Crippen molar-refractivity contribution >= 4 is 29.0 Å². The van der Waals surface area contributed by atoms with Gasteiger partial charge in [-0.15, -0.1) is 23.1 Å². The van der Waals surface area contributed by atoms with E-state index in [-0.39, 0.29) is 11.3 Å². The number of hydrogen-bond donors (Lipinski definition) is 0. The van der Waals surface area contributed by atoms with Gasteiger partial charge in [0, 0.05) is 23.6 Å². The summed E-state index contributed by atoms with van der Waals surface area (Å²) in [6, 6.07) is 14.4. The van der Waals surface area contributed by atoms with Gasteiger partial charge in [-0.3, -0.25) is 4.79 Å². The molecule has 3 rings (SSSR count). The molecule has 1 saturated heterocycles. The number of hydrogen-bond acceptors (Lipinski definition) is 3. The van der Waals surface area contributed by atoms with E-state index in [1.54, 1.807) is 11.3 Å². The molecule has 0 saturated carbocycles. The van der Waals surface area contributed by atoms with E-state index in [2.05, 4.69) is 29.6 Å². The fourth-order valence-corrected chi connectivity index (χ4v) is 4.69. The number of carbonyl (C=O) groups is 1. The zero-order chi connectivity index (χ0) is 13.8. The Kier molecular flexibility index (Phi) is 4.43. The largest absolute Gasteiger partial charge is 0.325 e. The number of thiophene rings is 1. The van der Waals surface area contributed by atoms with E-state index < -0.39 is 0 Å². The highest BCUT2D eigenvalue weighted by atomic mass is 32.2. The van der Waals surface area contributed by atoms with Crippen molar-refractivity contribution in [3.63, 3.8) is 0 Å². The van der Waals surface area contributed by atoms with Gasteiger partial charge in [-0.25, -0.2) is 0 Å². The van der Waals surface area contributed by atoms with Crippen LogP contribution in [0.4, 0.5) is 0 Å². The molecule has 0 bridgehead atoms. The minimum absolute atomic E-state index is 0.235. The Morgan fingerprint density at radius 1 is 1.20 bits per heavy atom. The van der Waals surface area contributed by atoms with Gasteiger partial charge in [0.1, 0.15) is 5.37 Å². The molecular formula is C16H17NOS2. The van der Waals surface area contributed by atoms with Crippen molar-refractivity contribution in [1.82, 2.24) is 4.90 Å². The number of aryl methyl sites for hydroxylation is 1. The van der Waals surface area contributed by atoms with E-state index in [0.717, 1.165) is 18.7 Å². The number of amides is 1. The number of benzene rings is 1. The first kappa shape index (κ1) is 13.7. The lowest BCUT2D eigenvalue weighted by atomic mass is 10.1. The first-order valence-electron chi connectivity index (χ1n) is 6.83. The Balaban J connectivity index is 1.62. The molecule has 1 aromatic heterocycles. The van der Waals surface area contributed by atoms with Gasteiger partial charge in [0.25, 0.3) is 0 Å². The van der Waals surface area contributed by atoms with Crippen LogP contribution >= 0.6 is 23.1 Å². The van der Waals surface area contributed by atoms with Gasteiger partial charge in [0.2, 0.25) is 5.91 Å². The lowest BCUT2D eigenvalue weighted by Gasteiger charge is -2.23. The van der Waals surface area contributed by atoms with Gasteiger partial charge in [-0.2, -0.15) is 0 Å². The van der Waals surface area contributed by atoms with Gasteiger partial charge in [-0.05, 0) is 23.4 Å². The molecule has 2 nitrogen and oxygen atoms in total. The summed E-state index contributed by atoms with van der Waals surface area (Å²) in [5, 5.41) is 2.32. The Bertz CT molecular complexity index is 553. The van der Waals surface area contributed by atoms with Crippen LogP contribution in [-0.2, 0) is 11.2 Å². The summed E-state index contributed by atoms with van der Waals surface area (Å²) in [6.45, 7) is 0.876. The Morgan fingerprint density at radius 3 is 2.80 bits per heavy atom. The molecule has 1 fully saturated rings. The molecule has 2 aromatic rings. The first-order valence-corrected chi connectivity index (χ1v) is 8.76. The Morgan fingerprint density at radius 2 is 2.05 bits per heavy atom. The smallest absolute Gasteiger partial charge is 0.224 e. The summed E-state index contributed by atoms with van der Waals surface area (Å²) in [5.41, 5.74) is 1.24. The highest BCUT2D eigenvalue weighted by Gasteiger charge is 2.30. The second-order valence-corrected chi connectivity index (χ2v) is 6.98.